The van der Waals surface area contributed by atoms with E-state index in [4.69, 9.17) is 11.6 Å². The van der Waals surface area contributed by atoms with Crippen molar-refractivity contribution < 1.29 is 4.79 Å². The third kappa shape index (κ3) is 5.02. The summed E-state index contributed by atoms with van der Waals surface area (Å²) in [5.74, 6) is 0.120. The summed E-state index contributed by atoms with van der Waals surface area (Å²) >= 11 is 7.26. The molecule has 17 heavy (non-hydrogen) atoms. The Hall–Kier alpha value is -0.650. The number of hydrogen-bond donors (Lipinski definition) is 0. The van der Waals surface area contributed by atoms with Crippen LogP contribution in [0, 0.1) is 0 Å². The Morgan fingerprint density at radius 3 is 2.71 bits per heavy atom. The quantitative estimate of drug-likeness (QED) is 0.798. The molecule has 0 spiro atoms. The lowest BCUT2D eigenvalue weighted by molar-refractivity contribution is -0.130. The summed E-state index contributed by atoms with van der Waals surface area (Å²) in [4.78, 5) is 20.5. The number of carbonyl (C=O) groups excluding carboxylic acids is 1. The van der Waals surface area contributed by atoms with Gasteiger partial charge in [-0.05, 0) is 13.0 Å². The van der Waals surface area contributed by atoms with Crippen molar-refractivity contribution in [2.45, 2.75) is 19.9 Å². The maximum Gasteiger partial charge on any atom is 0.236 e. The molecule has 0 saturated carbocycles. The largest absolute Gasteiger partial charge is 0.348 e. The van der Waals surface area contributed by atoms with Gasteiger partial charge in [-0.3, -0.25) is 9.69 Å². The van der Waals surface area contributed by atoms with Crippen LogP contribution in [0.25, 0.3) is 0 Å². The van der Waals surface area contributed by atoms with Gasteiger partial charge in [0.25, 0.3) is 0 Å². The molecule has 0 saturated heterocycles. The fraction of sp³-hybridized carbons (Fsp3) is 0.636. The second kappa shape index (κ2) is 6.93. The summed E-state index contributed by atoms with van der Waals surface area (Å²) in [7, 11) is 3.55. The average molecular weight is 276 g/mol. The van der Waals surface area contributed by atoms with E-state index in [0.29, 0.717) is 11.0 Å². The van der Waals surface area contributed by atoms with Crippen LogP contribution in [0.4, 0.5) is 0 Å². The van der Waals surface area contributed by atoms with E-state index in [1.54, 1.807) is 25.2 Å². The van der Waals surface area contributed by atoms with Gasteiger partial charge in [-0.15, -0.1) is 11.3 Å². The highest BCUT2D eigenvalue weighted by atomic mass is 35.5. The fourth-order valence-corrected chi connectivity index (χ4v) is 2.46. The minimum Gasteiger partial charge on any atom is -0.348 e. The molecule has 1 rings (SSSR count). The molecule has 1 aromatic rings. The van der Waals surface area contributed by atoms with Crippen LogP contribution in [-0.2, 0) is 11.3 Å². The van der Waals surface area contributed by atoms with Gasteiger partial charge in [0.1, 0.15) is 0 Å². The number of likely N-dealkylation sites (N-methyl/N-ethyl adjacent to an activating group) is 1. The molecule has 1 aromatic heterocycles. The molecule has 0 fully saturated rings. The van der Waals surface area contributed by atoms with E-state index in [-0.39, 0.29) is 5.91 Å². The zero-order valence-electron chi connectivity index (χ0n) is 10.4. The summed E-state index contributed by atoms with van der Waals surface area (Å²) in [5.41, 5.74) is 0. The first-order valence-electron chi connectivity index (χ1n) is 5.55. The van der Waals surface area contributed by atoms with E-state index < -0.39 is 0 Å². The van der Waals surface area contributed by atoms with Crippen molar-refractivity contribution in [3.05, 3.63) is 15.5 Å². The second-order valence-electron chi connectivity index (χ2n) is 4.08. The number of thiazole rings is 1. The van der Waals surface area contributed by atoms with Crippen molar-refractivity contribution in [3.8, 4) is 0 Å². The average Bonchev–Trinajstić information content (AvgIpc) is 2.64. The molecule has 96 valence electrons. The molecule has 1 heterocycles. The lowest BCUT2D eigenvalue weighted by Gasteiger charge is -2.22. The molecule has 0 atom stereocenters. The third-order valence-corrected chi connectivity index (χ3v) is 3.40. The van der Waals surface area contributed by atoms with Crippen molar-refractivity contribution in [2.75, 3.05) is 27.2 Å². The molecule has 0 aliphatic carbocycles. The molecule has 1 amide bonds. The van der Waals surface area contributed by atoms with E-state index in [2.05, 4.69) is 16.8 Å². The number of aromatic nitrogens is 1. The van der Waals surface area contributed by atoms with Gasteiger partial charge in [0.05, 0.1) is 6.54 Å². The zero-order valence-corrected chi connectivity index (χ0v) is 12.0. The predicted molar refractivity (Wildman–Crippen MR) is 71.4 cm³/mol. The molecule has 0 aromatic carbocycles. The van der Waals surface area contributed by atoms with E-state index in [9.17, 15) is 4.79 Å². The number of hydrogen-bond acceptors (Lipinski definition) is 4. The Morgan fingerprint density at radius 1 is 1.53 bits per heavy atom. The van der Waals surface area contributed by atoms with E-state index in [1.165, 1.54) is 11.3 Å². The molecular formula is C11H18ClN3OS. The molecule has 0 aliphatic rings. The van der Waals surface area contributed by atoms with E-state index in [1.807, 2.05) is 0 Å². The lowest BCUT2D eigenvalue weighted by Crippen LogP contribution is -2.36. The van der Waals surface area contributed by atoms with Crippen molar-refractivity contribution >= 4 is 28.8 Å². The topological polar surface area (TPSA) is 36.4 Å². The van der Waals surface area contributed by atoms with Crippen LogP contribution in [0.3, 0.4) is 0 Å². The van der Waals surface area contributed by atoms with Crippen LogP contribution in [0.2, 0.25) is 4.47 Å². The minimum absolute atomic E-state index is 0.120. The first-order valence-corrected chi connectivity index (χ1v) is 6.75. The molecule has 0 unspecified atom stereocenters. The highest BCUT2D eigenvalue weighted by Gasteiger charge is 2.13. The maximum atomic E-state index is 11.7. The summed E-state index contributed by atoms with van der Waals surface area (Å²) in [6.07, 6.45) is 2.79. The monoisotopic (exact) mass is 275 g/mol. The number of carbonyl (C=O) groups is 1. The highest BCUT2D eigenvalue weighted by Crippen LogP contribution is 2.19. The summed E-state index contributed by atoms with van der Waals surface area (Å²) in [5, 5.41) is 0. The Labute approximate surface area is 111 Å². The standard InChI is InChI=1S/C11H18ClN3OS/c1-4-5-15(8-10(16)14(2)3)7-9-6-13-11(12)17-9/h6H,4-5,7-8H2,1-3H3. The zero-order chi connectivity index (χ0) is 12.8. The molecular weight excluding hydrogens is 258 g/mol. The number of halogens is 1. The molecule has 0 N–H and O–H groups in total. The minimum atomic E-state index is 0.120. The first kappa shape index (κ1) is 14.4. The van der Waals surface area contributed by atoms with E-state index >= 15 is 0 Å². The summed E-state index contributed by atoms with van der Waals surface area (Å²) in [6, 6.07) is 0. The van der Waals surface area contributed by atoms with E-state index in [0.717, 1.165) is 24.4 Å². The van der Waals surface area contributed by atoms with Crippen molar-refractivity contribution in [2.24, 2.45) is 0 Å². The lowest BCUT2D eigenvalue weighted by atomic mass is 10.3. The van der Waals surface area contributed by atoms with Crippen LogP contribution in [0.5, 0.6) is 0 Å². The normalized spacial score (nSPS) is 10.9. The first-order chi connectivity index (χ1) is 8.02. The molecule has 6 heteroatoms. The Balaban J connectivity index is 2.56. The fourth-order valence-electron chi connectivity index (χ4n) is 1.44. The van der Waals surface area contributed by atoms with Gasteiger partial charge in [-0.1, -0.05) is 18.5 Å². The number of rotatable bonds is 6. The van der Waals surface area contributed by atoms with Gasteiger partial charge >= 0.3 is 0 Å². The van der Waals surface area contributed by atoms with Crippen molar-refractivity contribution in [1.29, 1.82) is 0 Å². The van der Waals surface area contributed by atoms with Gasteiger partial charge < -0.3 is 4.90 Å². The van der Waals surface area contributed by atoms with Crippen LogP contribution >= 0.6 is 22.9 Å². The molecule has 0 radical (unpaired) electrons. The van der Waals surface area contributed by atoms with Gasteiger partial charge in [-0.2, -0.15) is 0 Å². The third-order valence-electron chi connectivity index (χ3n) is 2.30. The summed E-state index contributed by atoms with van der Waals surface area (Å²) in [6.45, 7) is 4.18. The highest BCUT2D eigenvalue weighted by molar-refractivity contribution is 7.15. The van der Waals surface area contributed by atoms with Crippen molar-refractivity contribution in [1.82, 2.24) is 14.8 Å². The summed E-state index contributed by atoms with van der Waals surface area (Å²) < 4.78 is 0.551. The maximum absolute atomic E-state index is 11.7. The van der Waals surface area contributed by atoms with Gasteiger partial charge in [0, 0.05) is 31.7 Å². The Kier molecular flexibility index (Phi) is 5.88. The number of nitrogens with zero attached hydrogens (tertiary/aromatic N) is 3. The second-order valence-corrected chi connectivity index (χ2v) is 5.78. The predicted octanol–water partition coefficient (Wildman–Crippen LogP) is 2.10. The van der Waals surface area contributed by atoms with Crippen molar-refractivity contribution in [3.63, 3.8) is 0 Å². The van der Waals surface area contributed by atoms with Crippen LogP contribution in [-0.4, -0.2) is 47.9 Å². The Bertz CT molecular complexity index is 367. The van der Waals surface area contributed by atoms with Gasteiger partial charge in [0.15, 0.2) is 4.47 Å². The molecule has 0 aliphatic heterocycles. The number of amides is 1. The Morgan fingerprint density at radius 2 is 2.24 bits per heavy atom. The van der Waals surface area contributed by atoms with Gasteiger partial charge in [0.2, 0.25) is 5.91 Å². The SMILES string of the molecule is CCCN(CC(=O)N(C)C)Cc1cnc(Cl)s1. The molecule has 4 nitrogen and oxygen atoms in total. The van der Waals surface area contributed by atoms with Gasteiger partial charge in [-0.25, -0.2) is 4.98 Å². The molecule has 0 bridgehead atoms. The van der Waals surface area contributed by atoms with Crippen LogP contribution < -0.4 is 0 Å². The smallest absolute Gasteiger partial charge is 0.236 e. The van der Waals surface area contributed by atoms with Crippen LogP contribution in [0.1, 0.15) is 18.2 Å². The van der Waals surface area contributed by atoms with Crippen LogP contribution in [0.15, 0.2) is 6.20 Å².